The summed E-state index contributed by atoms with van der Waals surface area (Å²) in [5.74, 6) is 1.84. The molecule has 0 saturated carbocycles. The summed E-state index contributed by atoms with van der Waals surface area (Å²) in [7, 11) is 0. The molecule has 18 heavy (non-hydrogen) atoms. The molecular formula is C13H15BrN4. The molecule has 0 bridgehead atoms. The maximum atomic E-state index is 6.14. The molecule has 1 aliphatic heterocycles. The van der Waals surface area contributed by atoms with E-state index in [-0.39, 0.29) is 6.04 Å². The van der Waals surface area contributed by atoms with Crippen LogP contribution in [0, 0.1) is 0 Å². The van der Waals surface area contributed by atoms with E-state index in [2.05, 4.69) is 42.8 Å². The van der Waals surface area contributed by atoms with Crippen LogP contribution in [0.1, 0.15) is 31.1 Å². The van der Waals surface area contributed by atoms with Crippen molar-refractivity contribution < 1.29 is 0 Å². The number of halogens is 1. The molecule has 0 spiro atoms. The minimum absolute atomic E-state index is 0.0147. The van der Waals surface area contributed by atoms with Crippen molar-refractivity contribution >= 4 is 15.9 Å². The van der Waals surface area contributed by atoms with Crippen molar-refractivity contribution in [2.75, 3.05) is 0 Å². The molecule has 0 saturated heterocycles. The van der Waals surface area contributed by atoms with Crippen LogP contribution in [0.15, 0.2) is 28.7 Å². The summed E-state index contributed by atoms with van der Waals surface area (Å²) in [6.07, 6.45) is 3.29. The Morgan fingerprint density at radius 1 is 1.28 bits per heavy atom. The lowest BCUT2D eigenvalue weighted by Crippen LogP contribution is -2.14. The summed E-state index contributed by atoms with van der Waals surface area (Å²) in [6, 6.07) is 8.15. The van der Waals surface area contributed by atoms with Gasteiger partial charge in [-0.3, -0.25) is 0 Å². The molecule has 1 atom stereocenters. The Morgan fingerprint density at radius 2 is 2.17 bits per heavy atom. The van der Waals surface area contributed by atoms with Gasteiger partial charge in [0.15, 0.2) is 5.82 Å². The standard InChI is InChI=1S/C13H15BrN4/c14-10-5-3-4-9(8-10)12-16-17-13-11(15)6-1-2-7-18(12)13/h3-5,8,11H,1-2,6-7,15H2/t11-/m0/s1. The number of fused-ring (bicyclic) bond motifs is 1. The molecule has 0 unspecified atom stereocenters. The fraction of sp³-hybridized carbons (Fsp3) is 0.385. The average Bonchev–Trinajstić information content (AvgIpc) is 2.70. The first-order chi connectivity index (χ1) is 8.75. The molecule has 2 heterocycles. The van der Waals surface area contributed by atoms with Gasteiger partial charge in [-0.05, 0) is 31.4 Å². The van der Waals surface area contributed by atoms with E-state index in [0.29, 0.717) is 0 Å². The third kappa shape index (κ3) is 2.08. The maximum Gasteiger partial charge on any atom is 0.164 e. The monoisotopic (exact) mass is 306 g/mol. The van der Waals surface area contributed by atoms with E-state index < -0.39 is 0 Å². The minimum atomic E-state index is 0.0147. The van der Waals surface area contributed by atoms with Crippen LogP contribution in [0.4, 0.5) is 0 Å². The predicted octanol–water partition coefficient (Wildman–Crippen LogP) is 2.89. The second-order valence-electron chi connectivity index (χ2n) is 4.65. The van der Waals surface area contributed by atoms with Crippen LogP contribution in [0.2, 0.25) is 0 Å². The first-order valence-electron chi connectivity index (χ1n) is 6.20. The van der Waals surface area contributed by atoms with Crippen molar-refractivity contribution in [2.24, 2.45) is 5.73 Å². The van der Waals surface area contributed by atoms with Gasteiger partial charge in [0.1, 0.15) is 5.82 Å². The number of aromatic nitrogens is 3. The number of nitrogens with two attached hydrogens (primary N) is 1. The Balaban J connectivity index is 2.09. The van der Waals surface area contributed by atoms with E-state index in [0.717, 1.165) is 47.5 Å². The lowest BCUT2D eigenvalue weighted by atomic mass is 10.1. The quantitative estimate of drug-likeness (QED) is 0.881. The highest BCUT2D eigenvalue weighted by molar-refractivity contribution is 9.10. The highest BCUT2D eigenvalue weighted by Gasteiger charge is 2.21. The molecule has 1 aliphatic rings. The zero-order chi connectivity index (χ0) is 12.5. The third-order valence-electron chi connectivity index (χ3n) is 3.34. The molecule has 1 aromatic carbocycles. The summed E-state index contributed by atoms with van der Waals surface area (Å²) < 4.78 is 3.22. The molecule has 2 aromatic rings. The van der Waals surface area contributed by atoms with Gasteiger partial charge < -0.3 is 10.3 Å². The normalized spacial score (nSPS) is 19.3. The van der Waals surface area contributed by atoms with Gasteiger partial charge in [-0.15, -0.1) is 10.2 Å². The van der Waals surface area contributed by atoms with Gasteiger partial charge in [-0.25, -0.2) is 0 Å². The first kappa shape index (κ1) is 11.9. The van der Waals surface area contributed by atoms with Gasteiger partial charge in [0.05, 0.1) is 6.04 Å². The van der Waals surface area contributed by atoms with Gasteiger partial charge in [0.2, 0.25) is 0 Å². The number of hydrogen-bond acceptors (Lipinski definition) is 3. The fourth-order valence-electron chi connectivity index (χ4n) is 2.41. The second-order valence-corrected chi connectivity index (χ2v) is 5.56. The van der Waals surface area contributed by atoms with Crippen LogP contribution >= 0.6 is 15.9 Å². The van der Waals surface area contributed by atoms with Gasteiger partial charge in [-0.1, -0.05) is 28.1 Å². The fourth-order valence-corrected chi connectivity index (χ4v) is 2.81. The zero-order valence-corrected chi connectivity index (χ0v) is 11.6. The molecule has 1 aromatic heterocycles. The van der Waals surface area contributed by atoms with Crippen LogP contribution in [-0.4, -0.2) is 14.8 Å². The lowest BCUT2D eigenvalue weighted by Gasteiger charge is -2.09. The van der Waals surface area contributed by atoms with Gasteiger partial charge in [0, 0.05) is 16.6 Å². The SMILES string of the molecule is N[C@H]1CCCCn2c(-c3cccc(Br)c3)nnc21. The molecule has 0 aliphatic carbocycles. The third-order valence-corrected chi connectivity index (χ3v) is 3.83. The average molecular weight is 307 g/mol. The van der Waals surface area contributed by atoms with Gasteiger partial charge in [-0.2, -0.15) is 0 Å². The summed E-state index contributed by atoms with van der Waals surface area (Å²) in [6.45, 7) is 0.956. The van der Waals surface area contributed by atoms with E-state index in [4.69, 9.17) is 5.73 Å². The summed E-state index contributed by atoms with van der Waals surface area (Å²) in [4.78, 5) is 0. The van der Waals surface area contributed by atoms with E-state index in [9.17, 15) is 0 Å². The Kier molecular flexibility index (Phi) is 3.18. The Labute approximate surface area is 114 Å². The number of nitrogens with zero attached hydrogens (tertiary/aromatic N) is 3. The Hall–Kier alpha value is -1.20. The lowest BCUT2D eigenvalue weighted by molar-refractivity contribution is 0.600. The molecule has 0 fully saturated rings. The molecule has 0 radical (unpaired) electrons. The summed E-state index contributed by atoms with van der Waals surface area (Å²) in [5.41, 5.74) is 7.22. The number of rotatable bonds is 1. The van der Waals surface area contributed by atoms with Crippen LogP contribution < -0.4 is 5.73 Å². The molecular weight excluding hydrogens is 292 g/mol. The van der Waals surface area contributed by atoms with E-state index in [1.165, 1.54) is 0 Å². The molecule has 4 nitrogen and oxygen atoms in total. The molecule has 3 rings (SSSR count). The van der Waals surface area contributed by atoms with Crippen LogP contribution in [0.5, 0.6) is 0 Å². The van der Waals surface area contributed by atoms with Gasteiger partial charge >= 0.3 is 0 Å². The van der Waals surface area contributed by atoms with Crippen molar-refractivity contribution in [2.45, 2.75) is 31.8 Å². The maximum absolute atomic E-state index is 6.14. The van der Waals surface area contributed by atoms with Crippen molar-refractivity contribution in [3.63, 3.8) is 0 Å². The zero-order valence-electron chi connectivity index (χ0n) is 10.0. The van der Waals surface area contributed by atoms with E-state index >= 15 is 0 Å². The Morgan fingerprint density at radius 3 is 3.00 bits per heavy atom. The first-order valence-corrected chi connectivity index (χ1v) is 6.99. The van der Waals surface area contributed by atoms with Crippen molar-refractivity contribution in [3.8, 4) is 11.4 Å². The summed E-state index contributed by atoms with van der Waals surface area (Å²) in [5, 5.41) is 8.59. The van der Waals surface area contributed by atoms with Crippen LogP contribution in [-0.2, 0) is 6.54 Å². The predicted molar refractivity (Wildman–Crippen MR) is 73.9 cm³/mol. The molecule has 0 amide bonds. The highest BCUT2D eigenvalue weighted by Crippen LogP contribution is 2.27. The number of benzene rings is 1. The van der Waals surface area contributed by atoms with Crippen molar-refractivity contribution in [1.82, 2.24) is 14.8 Å². The van der Waals surface area contributed by atoms with Crippen molar-refractivity contribution in [1.29, 1.82) is 0 Å². The minimum Gasteiger partial charge on any atom is -0.321 e. The van der Waals surface area contributed by atoms with Crippen LogP contribution in [0.25, 0.3) is 11.4 Å². The summed E-state index contributed by atoms with van der Waals surface area (Å²) >= 11 is 3.49. The molecule has 94 valence electrons. The number of hydrogen-bond donors (Lipinski definition) is 1. The van der Waals surface area contributed by atoms with Gasteiger partial charge in [0.25, 0.3) is 0 Å². The van der Waals surface area contributed by atoms with E-state index in [1.807, 2.05) is 12.1 Å². The Bertz CT molecular complexity index is 564. The topological polar surface area (TPSA) is 56.7 Å². The molecule has 5 heteroatoms. The van der Waals surface area contributed by atoms with Crippen molar-refractivity contribution in [3.05, 3.63) is 34.6 Å². The van der Waals surface area contributed by atoms with Crippen LogP contribution in [0.3, 0.4) is 0 Å². The second kappa shape index (κ2) is 4.82. The van der Waals surface area contributed by atoms with E-state index in [1.54, 1.807) is 0 Å². The highest BCUT2D eigenvalue weighted by atomic mass is 79.9. The smallest absolute Gasteiger partial charge is 0.164 e. The largest absolute Gasteiger partial charge is 0.321 e. The molecule has 2 N–H and O–H groups in total.